The Hall–Kier alpha value is -6.10. The van der Waals surface area contributed by atoms with E-state index in [9.17, 15) is 0 Å². The minimum atomic E-state index is -2.37. The van der Waals surface area contributed by atoms with Gasteiger partial charge in [0.15, 0.2) is 18.0 Å². The average molecular weight is 1020 g/mol. The Kier molecular flexibility index (Phi) is 9.15. The van der Waals surface area contributed by atoms with Crippen LogP contribution in [0, 0.1) is 25.7 Å². The van der Waals surface area contributed by atoms with Crippen LogP contribution >= 0.6 is 0 Å². The molecular formula is C58H51N4OPt-. The van der Waals surface area contributed by atoms with Crippen LogP contribution in [0.5, 0.6) is 11.5 Å². The van der Waals surface area contributed by atoms with Gasteiger partial charge in [-0.2, -0.15) is 6.07 Å². The van der Waals surface area contributed by atoms with Crippen LogP contribution in [0.3, 0.4) is 0 Å². The second kappa shape index (κ2) is 15.3. The third kappa shape index (κ3) is 6.59. The molecule has 0 N–H and O–H groups in total. The number of pyridine rings is 1. The van der Waals surface area contributed by atoms with E-state index < -0.39 is 6.85 Å². The number of quaternary nitrogens is 2. The quantitative estimate of drug-likeness (QED) is 0.117. The van der Waals surface area contributed by atoms with Crippen molar-refractivity contribution in [3.63, 3.8) is 0 Å². The Morgan fingerprint density at radius 3 is 1.95 bits per heavy atom. The molecule has 5 heterocycles. The predicted octanol–water partition coefficient (Wildman–Crippen LogP) is 15.2. The Morgan fingerprint density at radius 2 is 1.28 bits per heavy atom. The number of nitrogens with zero attached hydrogens (tertiary/aromatic N) is 4. The smallest absolute Gasteiger partial charge is 0.184 e. The average Bonchev–Trinajstić information content (AvgIpc) is 3.89. The first-order chi connectivity index (χ1) is 31.5. The van der Waals surface area contributed by atoms with E-state index >= 15 is 0 Å². The standard InChI is InChI=1S/C58H51N4O.Pt/c1-39-18-16-27-53-55(39)62(56-47(40-19-10-8-11-20-40)24-17-25-48(56)41-21-12-9-13-22-41)37-61(53,38-62)44-32-43(58(5,6)7)33-46(35-44)63-45-28-29-50-49-23-14-15-26-51(49)60(52(50)36-45)54-34-42(30-31-59-54)57(2,3)4;/h8-34,37H,38H2,1-7H3;/q-1;/t61-,62-;/m1./s1/i1D3;. The molecule has 0 aliphatic carbocycles. The molecule has 7 aromatic carbocycles. The molecule has 1 saturated heterocycles. The van der Waals surface area contributed by atoms with E-state index in [2.05, 4.69) is 192 Å². The zero-order valence-electron chi connectivity index (χ0n) is 39.9. The van der Waals surface area contributed by atoms with Crippen LogP contribution in [-0.4, -0.2) is 16.2 Å². The largest absolute Gasteiger partial charge is 0.509 e. The Morgan fingerprint density at radius 1 is 0.625 bits per heavy atom. The van der Waals surface area contributed by atoms with E-state index in [0.717, 1.165) is 78.2 Å². The first-order valence-electron chi connectivity index (χ1n) is 23.3. The summed E-state index contributed by atoms with van der Waals surface area (Å²) in [7, 11) is 0. The number of hydrogen-bond acceptors (Lipinski definition) is 2. The van der Waals surface area contributed by atoms with Crippen LogP contribution in [0.25, 0.3) is 49.9 Å². The molecule has 0 radical (unpaired) electrons. The van der Waals surface area contributed by atoms with E-state index in [1.165, 1.54) is 5.56 Å². The van der Waals surface area contributed by atoms with Crippen molar-refractivity contribution in [2.75, 3.05) is 6.67 Å². The van der Waals surface area contributed by atoms with Crippen molar-refractivity contribution in [1.29, 1.82) is 0 Å². The van der Waals surface area contributed by atoms with Crippen molar-refractivity contribution >= 4 is 44.6 Å². The molecule has 9 aromatic rings. The predicted molar refractivity (Wildman–Crippen MR) is 261 cm³/mol. The van der Waals surface area contributed by atoms with Gasteiger partial charge in [0, 0.05) is 76.8 Å². The van der Waals surface area contributed by atoms with Gasteiger partial charge in [-0.05, 0) is 70.1 Å². The van der Waals surface area contributed by atoms with Gasteiger partial charge in [0.1, 0.15) is 11.5 Å². The van der Waals surface area contributed by atoms with E-state index in [-0.39, 0.29) is 36.4 Å². The fourth-order valence-corrected chi connectivity index (χ4v) is 9.92. The molecule has 2 bridgehead atoms. The third-order valence-corrected chi connectivity index (χ3v) is 13.0. The topological polar surface area (TPSA) is 27.1 Å². The summed E-state index contributed by atoms with van der Waals surface area (Å²) in [5, 5.41) is 2.17. The maximum Gasteiger partial charge on any atom is 0.184 e. The van der Waals surface area contributed by atoms with Crippen LogP contribution < -0.4 is 13.7 Å². The Balaban J connectivity index is 0.00000525. The number of aromatic nitrogens is 2. The van der Waals surface area contributed by atoms with Gasteiger partial charge >= 0.3 is 0 Å². The summed E-state index contributed by atoms with van der Waals surface area (Å²) in [6, 6.07) is 61.6. The molecule has 0 amide bonds. The summed E-state index contributed by atoms with van der Waals surface area (Å²) in [5.74, 6) is 1.94. The number of para-hydroxylation sites is 3. The van der Waals surface area contributed by atoms with E-state index in [1.54, 1.807) is 6.07 Å². The van der Waals surface area contributed by atoms with Crippen molar-refractivity contribution in [2.45, 2.75) is 59.2 Å². The molecule has 0 saturated carbocycles. The van der Waals surface area contributed by atoms with Gasteiger partial charge in [0.25, 0.3) is 0 Å². The number of ether oxygens (including phenoxy) is 1. The number of rotatable bonds is 7. The van der Waals surface area contributed by atoms with Crippen LogP contribution in [0.1, 0.15) is 62.3 Å². The molecule has 64 heavy (non-hydrogen) atoms. The van der Waals surface area contributed by atoms with Crippen LogP contribution in [0.4, 0.5) is 22.7 Å². The van der Waals surface area contributed by atoms with Crippen LogP contribution in [-0.2, 0) is 31.9 Å². The molecule has 2 aromatic heterocycles. The zero-order chi connectivity index (χ0) is 45.8. The minimum Gasteiger partial charge on any atom is -0.509 e. The second-order valence-electron chi connectivity index (χ2n) is 19.2. The number of benzene rings is 7. The third-order valence-electron chi connectivity index (χ3n) is 13.0. The summed E-state index contributed by atoms with van der Waals surface area (Å²) < 4.78 is 36.5. The summed E-state index contributed by atoms with van der Waals surface area (Å²) in [6.45, 7) is 13.7. The normalized spacial score (nSPS) is 18.7. The minimum absolute atomic E-state index is 0. The maximum absolute atomic E-state index is 8.94. The van der Waals surface area contributed by atoms with Crippen molar-refractivity contribution < 1.29 is 29.9 Å². The molecule has 6 heteroatoms. The van der Waals surface area contributed by atoms with Crippen molar-refractivity contribution in [3.05, 3.63) is 199 Å². The van der Waals surface area contributed by atoms with Crippen molar-refractivity contribution in [3.8, 4) is 39.6 Å². The fourth-order valence-electron chi connectivity index (χ4n) is 9.92. The number of fused-ring (bicyclic) bond motifs is 3. The fraction of sp³-hybridized carbons (Fsp3) is 0.172. The SMILES string of the molecule is [2H]C([2H])([2H])c1cccc2c1[N@@+]1(c3c(-c4ccccc4)cccc3-c3ccccc3)[CH-][N@+]2(c2[c-]c(Oc3[c-]c4c(cc3)c3ccccc3n4-c3cc(C(C)(C)C)ccn3)cc(C(C)(C)C)c2)C1.[Pt]. The van der Waals surface area contributed by atoms with E-state index in [0.29, 0.717) is 28.2 Å². The van der Waals surface area contributed by atoms with E-state index in [4.69, 9.17) is 13.8 Å². The molecule has 0 unspecified atom stereocenters. The molecular weight excluding hydrogens is 964 g/mol. The molecule has 12 rings (SSSR count). The summed E-state index contributed by atoms with van der Waals surface area (Å²) >= 11 is 0. The number of aryl methyl sites for hydroxylation is 1. The van der Waals surface area contributed by atoms with Crippen LogP contribution in [0.2, 0.25) is 0 Å². The zero-order valence-corrected chi connectivity index (χ0v) is 39.2. The second-order valence-corrected chi connectivity index (χ2v) is 19.2. The molecule has 3 aliphatic heterocycles. The summed E-state index contributed by atoms with van der Waals surface area (Å²) in [4.78, 5) is 4.88. The van der Waals surface area contributed by atoms with Gasteiger partial charge in [0.2, 0.25) is 0 Å². The molecule has 1 fully saturated rings. The van der Waals surface area contributed by atoms with Gasteiger partial charge in [0.05, 0.1) is 6.67 Å². The van der Waals surface area contributed by atoms with Gasteiger partial charge in [-0.3, -0.25) is 4.48 Å². The van der Waals surface area contributed by atoms with Crippen molar-refractivity contribution in [1.82, 2.24) is 18.5 Å². The monoisotopic (exact) mass is 1020 g/mol. The number of hydrogen-bond donors (Lipinski definition) is 0. The molecule has 5 nitrogen and oxygen atoms in total. The first kappa shape index (κ1) is 38.4. The molecule has 3 aliphatic rings. The summed E-state index contributed by atoms with van der Waals surface area (Å²) in [5.41, 5.74) is 12.1. The van der Waals surface area contributed by atoms with Gasteiger partial charge in [-0.25, -0.2) is 4.98 Å². The maximum atomic E-state index is 8.94. The van der Waals surface area contributed by atoms with Crippen LogP contribution in [0.15, 0.2) is 164 Å². The van der Waals surface area contributed by atoms with Gasteiger partial charge in [-0.15, -0.1) is 35.2 Å². The van der Waals surface area contributed by atoms with Crippen molar-refractivity contribution in [2.24, 2.45) is 0 Å². The Labute approximate surface area is 395 Å². The molecule has 2 atom stereocenters. The molecule has 320 valence electrons. The molecule has 0 spiro atoms. The van der Waals surface area contributed by atoms with Gasteiger partial charge < -0.3 is 13.8 Å². The van der Waals surface area contributed by atoms with Gasteiger partial charge in [-0.1, -0.05) is 150 Å². The Bertz CT molecular complexity index is 3300. The first-order valence-corrected chi connectivity index (χ1v) is 21.8. The summed E-state index contributed by atoms with van der Waals surface area (Å²) in [6.07, 6.45) is 1.89. The van der Waals surface area contributed by atoms with E-state index in [1.807, 2.05) is 30.5 Å².